The maximum absolute atomic E-state index is 13.2. The molecular weight excluding hydrogens is 239 g/mol. The molecule has 0 spiro atoms. The smallest absolute Gasteiger partial charge is 0.125 e. The molecule has 0 aromatic heterocycles. The van der Waals surface area contributed by atoms with Crippen molar-refractivity contribution in [1.82, 2.24) is 0 Å². The second-order valence-electron chi connectivity index (χ2n) is 4.57. The third-order valence-electron chi connectivity index (χ3n) is 3.14. The van der Waals surface area contributed by atoms with Gasteiger partial charge in [-0.05, 0) is 54.8 Å². The maximum atomic E-state index is 13.2. The SMILES string of the molecule is Cc1cc(C#N)ccc1CNc1cc(F)ccc1C. The number of hydrogen-bond donors (Lipinski definition) is 1. The first-order valence-corrected chi connectivity index (χ1v) is 6.10. The minimum Gasteiger partial charge on any atom is -0.381 e. The van der Waals surface area contributed by atoms with Gasteiger partial charge in [0.25, 0.3) is 0 Å². The summed E-state index contributed by atoms with van der Waals surface area (Å²) in [6.07, 6.45) is 0. The Kier molecular flexibility index (Phi) is 3.82. The number of nitrogens with one attached hydrogen (secondary N) is 1. The Balaban J connectivity index is 2.15. The van der Waals surface area contributed by atoms with E-state index < -0.39 is 0 Å². The lowest BCUT2D eigenvalue weighted by Gasteiger charge is -2.11. The molecule has 1 N–H and O–H groups in total. The molecule has 0 saturated heterocycles. The van der Waals surface area contributed by atoms with Crippen LogP contribution in [0.1, 0.15) is 22.3 Å². The van der Waals surface area contributed by atoms with Gasteiger partial charge in [-0.2, -0.15) is 5.26 Å². The van der Waals surface area contributed by atoms with Crippen molar-refractivity contribution in [2.45, 2.75) is 20.4 Å². The van der Waals surface area contributed by atoms with Crippen LogP contribution in [0.2, 0.25) is 0 Å². The molecule has 0 aliphatic carbocycles. The van der Waals surface area contributed by atoms with Crippen LogP contribution in [0.5, 0.6) is 0 Å². The number of halogens is 1. The lowest BCUT2D eigenvalue weighted by atomic mass is 10.1. The van der Waals surface area contributed by atoms with E-state index in [0.29, 0.717) is 12.1 Å². The molecule has 0 saturated carbocycles. The van der Waals surface area contributed by atoms with Crippen LogP contribution >= 0.6 is 0 Å². The van der Waals surface area contributed by atoms with Crippen molar-refractivity contribution >= 4 is 5.69 Å². The monoisotopic (exact) mass is 254 g/mol. The Labute approximate surface area is 112 Å². The van der Waals surface area contributed by atoms with E-state index in [4.69, 9.17) is 5.26 Å². The molecule has 2 nitrogen and oxygen atoms in total. The van der Waals surface area contributed by atoms with Gasteiger partial charge in [0.1, 0.15) is 5.82 Å². The fraction of sp³-hybridized carbons (Fsp3) is 0.188. The number of nitrogens with zero attached hydrogens (tertiary/aromatic N) is 1. The first kappa shape index (κ1) is 13.1. The predicted octanol–water partition coefficient (Wildman–Crippen LogP) is 3.93. The molecule has 2 aromatic rings. The Morgan fingerprint density at radius 2 is 1.89 bits per heavy atom. The Hall–Kier alpha value is -2.34. The van der Waals surface area contributed by atoms with Gasteiger partial charge in [-0.3, -0.25) is 0 Å². The molecule has 2 rings (SSSR count). The molecule has 0 fully saturated rings. The molecule has 0 radical (unpaired) electrons. The summed E-state index contributed by atoms with van der Waals surface area (Å²) in [5.41, 5.74) is 4.61. The van der Waals surface area contributed by atoms with E-state index in [1.54, 1.807) is 12.1 Å². The quantitative estimate of drug-likeness (QED) is 0.900. The molecule has 3 heteroatoms. The van der Waals surface area contributed by atoms with Gasteiger partial charge in [-0.25, -0.2) is 4.39 Å². The van der Waals surface area contributed by atoms with Gasteiger partial charge in [0.2, 0.25) is 0 Å². The Morgan fingerprint density at radius 1 is 1.11 bits per heavy atom. The van der Waals surface area contributed by atoms with Crippen molar-refractivity contribution in [2.75, 3.05) is 5.32 Å². The van der Waals surface area contributed by atoms with Crippen molar-refractivity contribution in [3.63, 3.8) is 0 Å². The molecule has 0 atom stereocenters. The fourth-order valence-corrected chi connectivity index (χ4v) is 1.94. The highest BCUT2D eigenvalue weighted by atomic mass is 19.1. The topological polar surface area (TPSA) is 35.8 Å². The highest BCUT2D eigenvalue weighted by Gasteiger charge is 2.03. The molecule has 0 heterocycles. The minimum atomic E-state index is -0.246. The number of aryl methyl sites for hydroxylation is 2. The number of rotatable bonds is 3. The summed E-state index contributed by atoms with van der Waals surface area (Å²) in [6, 6.07) is 12.4. The van der Waals surface area contributed by atoms with Crippen LogP contribution in [0.15, 0.2) is 36.4 Å². The Morgan fingerprint density at radius 3 is 2.58 bits per heavy atom. The molecule has 0 unspecified atom stereocenters. The number of benzene rings is 2. The molecule has 2 aromatic carbocycles. The number of anilines is 1. The van der Waals surface area contributed by atoms with E-state index in [2.05, 4.69) is 11.4 Å². The summed E-state index contributed by atoms with van der Waals surface area (Å²) >= 11 is 0. The van der Waals surface area contributed by atoms with Crippen molar-refractivity contribution in [1.29, 1.82) is 5.26 Å². The summed E-state index contributed by atoms with van der Waals surface area (Å²) in [7, 11) is 0. The summed E-state index contributed by atoms with van der Waals surface area (Å²) in [5, 5.41) is 12.0. The van der Waals surface area contributed by atoms with Crippen LogP contribution in [0.25, 0.3) is 0 Å². The molecule has 19 heavy (non-hydrogen) atoms. The molecule has 0 bridgehead atoms. The second-order valence-corrected chi connectivity index (χ2v) is 4.57. The van der Waals surface area contributed by atoms with E-state index in [0.717, 1.165) is 22.4 Å². The number of nitriles is 1. The lowest BCUT2D eigenvalue weighted by molar-refractivity contribution is 0.628. The van der Waals surface area contributed by atoms with Crippen LogP contribution in [-0.4, -0.2) is 0 Å². The Bertz CT molecular complexity index is 642. The summed E-state index contributed by atoms with van der Waals surface area (Å²) in [6.45, 7) is 4.52. The summed E-state index contributed by atoms with van der Waals surface area (Å²) in [5.74, 6) is -0.246. The van der Waals surface area contributed by atoms with E-state index in [1.165, 1.54) is 12.1 Å². The predicted molar refractivity (Wildman–Crippen MR) is 74.4 cm³/mol. The van der Waals surface area contributed by atoms with Crippen molar-refractivity contribution in [3.8, 4) is 6.07 Å². The molecule has 0 amide bonds. The zero-order valence-electron chi connectivity index (χ0n) is 11.0. The van der Waals surface area contributed by atoms with Gasteiger partial charge < -0.3 is 5.32 Å². The van der Waals surface area contributed by atoms with Crippen LogP contribution in [0, 0.1) is 31.0 Å². The fourth-order valence-electron chi connectivity index (χ4n) is 1.94. The van der Waals surface area contributed by atoms with Gasteiger partial charge in [-0.1, -0.05) is 12.1 Å². The standard InChI is InChI=1S/C16H15FN2/c1-11-3-6-15(17)8-16(11)19-10-14-5-4-13(9-18)7-12(14)2/h3-8,19H,10H2,1-2H3. The molecular formula is C16H15FN2. The first-order valence-electron chi connectivity index (χ1n) is 6.10. The van der Waals surface area contributed by atoms with Crippen LogP contribution < -0.4 is 5.32 Å². The van der Waals surface area contributed by atoms with Gasteiger partial charge in [0, 0.05) is 12.2 Å². The highest BCUT2D eigenvalue weighted by Crippen LogP contribution is 2.18. The van der Waals surface area contributed by atoms with Crippen molar-refractivity contribution in [2.24, 2.45) is 0 Å². The average molecular weight is 254 g/mol. The summed E-state index contributed by atoms with van der Waals surface area (Å²) in [4.78, 5) is 0. The number of hydrogen-bond acceptors (Lipinski definition) is 2. The van der Waals surface area contributed by atoms with Gasteiger partial charge in [-0.15, -0.1) is 0 Å². The summed E-state index contributed by atoms with van der Waals surface area (Å²) < 4.78 is 13.2. The zero-order chi connectivity index (χ0) is 13.8. The lowest BCUT2D eigenvalue weighted by Crippen LogP contribution is -2.03. The van der Waals surface area contributed by atoms with E-state index >= 15 is 0 Å². The minimum absolute atomic E-state index is 0.246. The second kappa shape index (κ2) is 5.53. The maximum Gasteiger partial charge on any atom is 0.125 e. The van der Waals surface area contributed by atoms with Crippen LogP contribution in [0.4, 0.5) is 10.1 Å². The van der Waals surface area contributed by atoms with E-state index in [1.807, 2.05) is 26.0 Å². The van der Waals surface area contributed by atoms with Crippen LogP contribution in [0.3, 0.4) is 0 Å². The van der Waals surface area contributed by atoms with Crippen molar-refractivity contribution in [3.05, 3.63) is 64.5 Å². The molecule has 0 aliphatic rings. The third kappa shape index (κ3) is 3.11. The van der Waals surface area contributed by atoms with Gasteiger partial charge in [0.15, 0.2) is 0 Å². The van der Waals surface area contributed by atoms with Gasteiger partial charge >= 0.3 is 0 Å². The first-order chi connectivity index (χ1) is 9.10. The van der Waals surface area contributed by atoms with Gasteiger partial charge in [0.05, 0.1) is 11.6 Å². The molecule has 0 aliphatic heterocycles. The van der Waals surface area contributed by atoms with E-state index in [-0.39, 0.29) is 5.82 Å². The largest absolute Gasteiger partial charge is 0.381 e. The molecule has 96 valence electrons. The highest BCUT2D eigenvalue weighted by molar-refractivity contribution is 5.51. The van der Waals surface area contributed by atoms with Crippen molar-refractivity contribution < 1.29 is 4.39 Å². The van der Waals surface area contributed by atoms with Crippen LogP contribution in [-0.2, 0) is 6.54 Å². The average Bonchev–Trinajstić information content (AvgIpc) is 2.40. The normalized spacial score (nSPS) is 10.0. The van der Waals surface area contributed by atoms with E-state index in [9.17, 15) is 4.39 Å². The third-order valence-corrected chi connectivity index (χ3v) is 3.14. The zero-order valence-corrected chi connectivity index (χ0v) is 11.0.